The molecular weight excluding hydrogens is 214 g/mol. The molecule has 0 aliphatic heterocycles. The van der Waals surface area contributed by atoms with Crippen molar-refractivity contribution in [3.8, 4) is 0 Å². The number of aliphatic carboxylic acids is 1. The van der Waals surface area contributed by atoms with Crippen molar-refractivity contribution in [2.45, 2.75) is 17.7 Å². The molecule has 0 aromatic heterocycles. The lowest BCUT2D eigenvalue weighted by Gasteiger charge is -2.15. The van der Waals surface area contributed by atoms with E-state index in [2.05, 4.69) is 0 Å². The van der Waals surface area contributed by atoms with E-state index in [9.17, 15) is 22.4 Å². The monoisotopic (exact) mass is 221 g/mol. The molecule has 3 N–H and O–H groups in total. The zero-order valence-electron chi connectivity index (χ0n) is 6.21. The first-order valence-electron chi connectivity index (χ1n) is 3.05. The van der Waals surface area contributed by atoms with Gasteiger partial charge < -0.3 is 10.8 Å². The summed E-state index contributed by atoms with van der Waals surface area (Å²) in [5, 5.41) is 3.90. The number of rotatable bonds is 5. The number of thioether (sulfide) groups is 1. The molecular formula is C5H7F4NO2S. The molecule has 0 amide bonds. The Bertz CT molecular complexity index is 189. The highest BCUT2D eigenvalue weighted by molar-refractivity contribution is 8.00. The third-order valence-electron chi connectivity index (χ3n) is 1.03. The molecule has 13 heavy (non-hydrogen) atoms. The summed E-state index contributed by atoms with van der Waals surface area (Å²) < 4.78 is 47.3. The molecule has 0 aliphatic rings. The summed E-state index contributed by atoms with van der Waals surface area (Å²) in [6, 6.07) is -1.56. The Morgan fingerprint density at radius 3 is 2.31 bits per heavy atom. The van der Waals surface area contributed by atoms with Crippen LogP contribution in [0.15, 0.2) is 0 Å². The molecule has 0 bridgehead atoms. The van der Waals surface area contributed by atoms with Crippen LogP contribution in [0.5, 0.6) is 0 Å². The fourth-order valence-corrected chi connectivity index (χ4v) is 1.01. The molecule has 0 radical (unpaired) electrons. The number of carboxylic acid groups (broad SMARTS) is 1. The average Bonchev–Trinajstić information content (AvgIpc) is 1.99. The van der Waals surface area contributed by atoms with E-state index in [0.29, 0.717) is 0 Å². The zero-order chi connectivity index (χ0) is 10.6. The summed E-state index contributed by atoms with van der Waals surface area (Å²) in [7, 11) is 0. The first kappa shape index (κ1) is 12.5. The fraction of sp³-hybridized carbons (Fsp3) is 0.800. The quantitative estimate of drug-likeness (QED) is 0.679. The number of alkyl halides is 4. The highest BCUT2D eigenvalue weighted by atomic mass is 32.2. The summed E-state index contributed by atoms with van der Waals surface area (Å²) in [5.74, 6) is -2.26. The Balaban J connectivity index is 3.95. The summed E-state index contributed by atoms with van der Waals surface area (Å²) in [4.78, 5) is 10.0. The van der Waals surface area contributed by atoms with Crippen molar-refractivity contribution in [2.75, 3.05) is 5.75 Å². The Morgan fingerprint density at radius 2 is 2.00 bits per heavy atom. The van der Waals surface area contributed by atoms with E-state index in [1.54, 1.807) is 0 Å². The van der Waals surface area contributed by atoms with Gasteiger partial charge in [0.15, 0.2) is 0 Å². The molecule has 0 fully saturated rings. The van der Waals surface area contributed by atoms with Crippen molar-refractivity contribution in [3.05, 3.63) is 0 Å². The molecule has 0 saturated carbocycles. The van der Waals surface area contributed by atoms with Crippen LogP contribution in [0.1, 0.15) is 0 Å². The van der Waals surface area contributed by atoms with Gasteiger partial charge >= 0.3 is 17.6 Å². The molecule has 0 aromatic rings. The Morgan fingerprint density at radius 1 is 1.54 bits per heavy atom. The van der Waals surface area contributed by atoms with E-state index in [1.807, 2.05) is 0 Å². The average molecular weight is 221 g/mol. The van der Waals surface area contributed by atoms with Gasteiger partial charge in [-0.05, 0) is 0 Å². The summed E-state index contributed by atoms with van der Waals surface area (Å²) in [6.07, 6.45) is -3.82. The number of halogens is 4. The third-order valence-corrected chi connectivity index (χ3v) is 2.12. The zero-order valence-corrected chi connectivity index (χ0v) is 7.03. The number of carboxylic acids is 1. The van der Waals surface area contributed by atoms with Crippen LogP contribution in [0.3, 0.4) is 0 Å². The Hall–Kier alpha value is -0.500. The van der Waals surface area contributed by atoms with E-state index >= 15 is 0 Å². The van der Waals surface area contributed by atoms with E-state index < -0.39 is 41.2 Å². The van der Waals surface area contributed by atoms with Crippen molar-refractivity contribution in [1.82, 2.24) is 0 Å². The predicted molar refractivity (Wildman–Crippen MR) is 39.0 cm³/mol. The molecule has 0 aliphatic carbocycles. The van der Waals surface area contributed by atoms with Gasteiger partial charge in [0.2, 0.25) is 0 Å². The molecule has 8 heteroatoms. The Labute approximate surface area is 75.3 Å². The maximum absolute atomic E-state index is 12.1. The first-order chi connectivity index (χ1) is 5.77. The second-order valence-electron chi connectivity index (χ2n) is 2.12. The predicted octanol–water partition coefficient (Wildman–Crippen LogP) is 0.989. The topological polar surface area (TPSA) is 63.3 Å². The van der Waals surface area contributed by atoms with Gasteiger partial charge in [-0.2, -0.15) is 8.78 Å². The van der Waals surface area contributed by atoms with Crippen LogP contribution in [0.2, 0.25) is 0 Å². The minimum atomic E-state index is -4.24. The van der Waals surface area contributed by atoms with E-state index in [1.165, 1.54) is 0 Å². The molecule has 78 valence electrons. The minimum absolute atomic E-state index is 0.466. The van der Waals surface area contributed by atoms with Gasteiger partial charge in [0.1, 0.15) is 6.04 Å². The van der Waals surface area contributed by atoms with Crippen LogP contribution in [-0.2, 0) is 4.79 Å². The molecule has 0 heterocycles. The van der Waals surface area contributed by atoms with Crippen LogP contribution < -0.4 is 5.73 Å². The van der Waals surface area contributed by atoms with Gasteiger partial charge in [-0.15, -0.1) is 0 Å². The third kappa shape index (κ3) is 4.32. The fourth-order valence-electron chi connectivity index (χ4n) is 0.335. The smallest absolute Gasteiger partial charge is 0.353 e. The van der Waals surface area contributed by atoms with E-state index in [-0.39, 0.29) is 0 Å². The standard InChI is InChI=1S/C5H7F4NO2S/c6-4(7)5(8,9)13-1-2(10)3(11)12/h2,4H,1,10H2,(H,11,12)/t2-/m0/s1. The molecule has 3 nitrogen and oxygen atoms in total. The molecule has 0 saturated heterocycles. The van der Waals surface area contributed by atoms with Crippen LogP contribution >= 0.6 is 11.8 Å². The molecule has 1 atom stereocenters. The van der Waals surface area contributed by atoms with Crippen LogP contribution in [-0.4, -0.2) is 34.6 Å². The lowest BCUT2D eigenvalue weighted by molar-refractivity contribution is -0.137. The number of carbonyl (C=O) groups is 1. The molecule has 0 spiro atoms. The van der Waals surface area contributed by atoms with Crippen LogP contribution in [0.4, 0.5) is 17.6 Å². The van der Waals surface area contributed by atoms with Crippen molar-refractivity contribution < 1.29 is 27.5 Å². The normalized spacial score (nSPS) is 14.6. The van der Waals surface area contributed by atoms with Crippen molar-refractivity contribution >= 4 is 17.7 Å². The van der Waals surface area contributed by atoms with Gasteiger partial charge in [-0.3, -0.25) is 4.79 Å². The largest absolute Gasteiger partial charge is 0.480 e. The second-order valence-corrected chi connectivity index (χ2v) is 3.28. The lowest BCUT2D eigenvalue weighted by Crippen LogP contribution is -2.35. The van der Waals surface area contributed by atoms with E-state index in [4.69, 9.17) is 10.8 Å². The summed E-state index contributed by atoms with van der Waals surface area (Å²) in [6.45, 7) is 0. The summed E-state index contributed by atoms with van der Waals surface area (Å²) >= 11 is -0.466. The van der Waals surface area contributed by atoms with Gasteiger partial charge in [-0.1, -0.05) is 11.8 Å². The Kier molecular flexibility index (Phi) is 4.48. The van der Waals surface area contributed by atoms with Crippen LogP contribution in [0.25, 0.3) is 0 Å². The van der Waals surface area contributed by atoms with E-state index in [0.717, 1.165) is 0 Å². The van der Waals surface area contributed by atoms with Gasteiger partial charge in [0.05, 0.1) is 0 Å². The number of nitrogens with two attached hydrogens (primary N) is 1. The molecule has 0 rings (SSSR count). The SMILES string of the molecule is N[C@@H](CSC(F)(F)C(F)F)C(=O)O. The van der Waals surface area contributed by atoms with Gasteiger partial charge in [0, 0.05) is 5.75 Å². The maximum Gasteiger partial charge on any atom is 0.353 e. The van der Waals surface area contributed by atoms with Crippen molar-refractivity contribution in [2.24, 2.45) is 5.73 Å². The highest BCUT2D eigenvalue weighted by Crippen LogP contribution is 2.35. The number of hydrogen-bond donors (Lipinski definition) is 2. The van der Waals surface area contributed by atoms with Crippen LogP contribution in [0, 0.1) is 0 Å². The minimum Gasteiger partial charge on any atom is -0.480 e. The maximum atomic E-state index is 12.1. The highest BCUT2D eigenvalue weighted by Gasteiger charge is 2.41. The molecule has 0 aromatic carbocycles. The van der Waals surface area contributed by atoms with Gasteiger partial charge in [0.25, 0.3) is 0 Å². The van der Waals surface area contributed by atoms with Crippen molar-refractivity contribution in [3.63, 3.8) is 0 Å². The number of hydrogen-bond acceptors (Lipinski definition) is 3. The summed E-state index contributed by atoms with van der Waals surface area (Å²) in [5.41, 5.74) is 4.83. The second kappa shape index (κ2) is 4.66. The van der Waals surface area contributed by atoms with Crippen molar-refractivity contribution in [1.29, 1.82) is 0 Å². The lowest BCUT2D eigenvalue weighted by atomic mass is 10.4. The first-order valence-corrected chi connectivity index (χ1v) is 4.04. The molecule has 0 unspecified atom stereocenters. The van der Waals surface area contributed by atoms with Gasteiger partial charge in [-0.25, -0.2) is 8.78 Å².